The van der Waals surface area contributed by atoms with Gasteiger partial charge >= 0.3 is 0 Å². The molecule has 0 spiro atoms. The monoisotopic (exact) mass is 456 g/mol. The number of benzene rings is 2. The van der Waals surface area contributed by atoms with Crippen LogP contribution in [0, 0.1) is 0 Å². The van der Waals surface area contributed by atoms with Crippen LogP contribution in [0.1, 0.15) is 51.2 Å². The summed E-state index contributed by atoms with van der Waals surface area (Å²) in [4.78, 5) is 0. The fraction of sp³-hybridized carbons (Fsp3) is 0.556. The summed E-state index contributed by atoms with van der Waals surface area (Å²) in [6, 6.07) is 18.1. The van der Waals surface area contributed by atoms with Gasteiger partial charge in [-0.15, -0.1) is 0 Å². The SMILES string of the molecule is CCCC[C@@H](OCc1ccccc1)[C@H]1O[C@@H]2OC(C)(C)OC2[C@H]1OCc1ccc(OC)cc1. The second-order valence-electron chi connectivity index (χ2n) is 9.17. The summed E-state index contributed by atoms with van der Waals surface area (Å²) in [6.45, 7) is 6.98. The van der Waals surface area contributed by atoms with Crippen LogP contribution in [0.4, 0.5) is 0 Å². The van der Waals surface area contributed by atoms with E-state index in [0.717, 1.165) is 36.1 Å². The molecule has 2 aromatic carbocycles. The summed E-state index contributed by atoms with van der Waals surface area (Å²) in [5.41, 5.74) is 2.20. The molecule has 6 heteroatoms. The van der Waals surface area contributed by atoms with Crippen LogP contribution in [0.2, 0.25) is 0 Å². The Labute approximate surface area is 197 Å². The summed E-state index contributed by atoms with van der Waals surface area (Å²) in [7, 11) is 1.66. The normalized spacial score (nSPS) is 26.8. The maximum Gasteiger partial charge on any atom is 0.190 e. The van der Waals surface area contributed by atoms with Gasteiger partial charge in [0.15, 0.2) is 12.1 Å². The molecule has 0 saturated carbocycles. The molecule has 0 radical (unpaired) electrons. The Morgan fingerprint density at radius 1 is 0.939 bits per heavy atom. The zero-order valence-corrected chi connectivity index (χ0v) is 20.1. The lowest BCUT2D eigenvalue weighted by Gasteiger charge is -2.31. The minimum Gasteiger partial charge on any atom is -0.497 e. The molecule has 1 unspecified atom stereocenters. The first kappa shape index (κ1) is 24.2. The van der Waals surface area contributed by atoms with E-state index >= 15 is 0 Å². The van der Waals surface area contributed by atoms with Gasteiger partial charge in [0, 0.05) is 0 Å². The van der Waals surface area contributed by atoms with Crippen LogP contribution >= 0.6 is 0 Å². The van der Waals surface area contributed by atoms with Crippen LogP contribution in [0.15, 0.2) is 54.6 Å². The fourth-order valence-corrected chi connectivity index (χ4v) is 4.43. The van der Waals surface area contributed by atoms with E-state index in [-0.39, 0.29) is 24.4 Å². The van der Waals surface area contributed by atoms with Crippen LogP contribution < -0.4 is 4.74 Å². The highest BCUT2D eigenvalue weighted by molar-refractivity contribution is 5.26. The summed E-state index contributed by atoms with van der Waals surface area (Å²) >= 11 is 0. The van der Waals surface area contributed by atoms with Gasteiger partial charge in [-0.1, -0.05) is 62.2 Å². The quantitative estimate of drug-likeness (QED) is 0.461. The van der Waals surface area contributed by atoms with Crippen molar-refractivity contribution < 1.29 is 28.4 Å². The second kappa shape index (κ2) is 11.0. The van der Waals surface area contributed by atoms with E-state index in [4.69, 9.17) is 28.4 Å². The smallest absolute Gasteiger partial charge is 0.190 e. The lowest BCUT2D eigenvalue weighted by molar-refractivity contribution is -0.235. The molecule has 2 aliphatic heterocycles. The fourth-order valence-electron chi connectivity index (χ4n) is 4.43. The molecule has 0 aliphatic carbocycles. The van der Waals surface area contributed by atoms with Gasteiger partial charge in [0.05, 0.1) is 26.4 Å². The average molecular weight is 457 g/mol. The van der Waals surface area contributed by atoms with E-state index in [0.29, 0.717) is 13.2 Å². The Kier molecular flexibility index (Phi) is 8.04. The summed E-state index contributed by atoms with van der Waals surface area (Å²) in [6.07, 6.45) is 1.57. The molecule has 2 aliphatic rings. The predicted molar refractivity (Wildman–Crippen MR) is 125 cm³/mol. The van der Waals surface area contributed by atoms with Crippen molar-refractivity contribution in [2.45, 2.75) is 89.7 Å². The molecule has 2 saturated heterocycles. The van der Waals surface area contributed by atoms with Gasteiger partial charge < -0.3 is 28.4 Å². The molecule has 2 aromatic rings. The number of unbranched alkanes of at least 4 members (excludes halogenated alkanes) is 1. The van der Waals surface area contributed by atoms with Gasteiger partial charge in [0.2, 0.25) is 0 Å². The lowest BCUT2D eigenvalue weighted by Crippen LogP contribution is -2.43. The molecular weight excluding hydrogens is 420 g/mol. The van der Waals surface area contributed by atoms with E-state index < -0.39 is 12.1 Å². The van der Waals surface area contributed by atoms with Crippen LogP contribution in [-0.4, -0.2) is 43.6 Å². The predicted octanol–water partition coefficient (Wildman–Crippen LogP) is 5.23. The van der Waals surface area contributed by atoms with Crippen molar-refractivity contribution in [3.8, 4) is 5.75 Å². The van der Waals surface area contributed by atoms with Crippen molar-refractivity contribution >= 4 is 0 Å². The Morgan fingerprint density at radius 2 is 1.67 bits per heavy atom. The minimum atomic E-state index is -0.703. The molecule has 33 heavy (non-hydrogen) atoms. The minimum absolute atomic E-state index is 0.119. The summed E-state index contributed by atoms with van der Waals surface area (Å²) < 4.78 is 36.8. The number of hydrogen-bond acceptors (Lipinski definition) is 6. The maximum atomic E-state index is 6.44. The third-order valence-electron chi connectivity index (χ3n) is 6.14. The molecule has 180 valence electrons. The Bertz CT molecular complexity index is 853. The summed E-state index contributed by atoms with van der Waals surface area (Å²) in [5, 5.41) is 0. The van der Waals surface area contributed by atoms with Gasteiger partial charge in [0.25, 0.3) is 0 Å². The van der Waals surface area contributed by atoms with Crippen LogP contribution in [-0.2, 0) is 36.9 Å². The first-order chi connectivity index (χ1) is 16.0. The first-order valence-corrected chi connectivity index (χ1v) is 11.9. The number of methoxy groups -OCH3 is 1. The Morgan fingerprint density at radius 3 is 2.36 bits per heavy atom. The van der Waals surface area contributed by atoms with Crippen molar-refractivity contribution in [3.05, 3.63) is 65.7 Å². The molecule has 5 atom stereocenters. The van der Waals surface area contributed by atoms with E-state index in [2.05, 4.69) is 19.1 Å². The third kappa shape index (κ3) is 6.14. The van der Waals surface area contributed by atoms with Gasteiger partial charge in [-0.05, 0) is 43.5 Å². The van der Waals surface area contributed by atoms with Gasteiger partial charge in [-0.3, -0.25) is 0 Å². The largest absolute Gasteiger partial charge is 0.497 e. The maximum absolute atomic E-state index is 6.44. The molecule has 2 heterocycles. The lowest BCUT2D eigenvalue weighted by atomic mass is 10.0. The van der Waals surface area contributed by atoms with Crippen LogP contribution in [0.5, 0.6) is 5.75 Å². The number of fused-ring (bicyclic) bond motifs is 1. The van der Waals surface area contributed by atoms with E-state index in [1.54, 1.807) is 7.11 Å². The molecule has 0 bridgehead atoms. The standard InChI is InChI=1S/C27H36O6/c1-5-6-12-22(29-17-19-10-8-7-9-11-19)23-24(25-26(31-23)33-27(2,3)32-25)30-18-20-13-15-21(28-4)16-14-20/h7-11,13-16,22-26H,5-6,12,17-18H2,1-4H3/t22-,23-,24+,25?,26-/m1/s1. The average Bonchev–Trinajstić information content (AvgIpc) is 3.30. The van der Waals surface area contributed by atoms with Gasteiger partial charge in [0.1, 0.15) is 24.1 Å². The zero-order valence-electron chi connectivity index (χ0n) is 20.1. The molecule has 4 rings (SSSR count). The Balaban J connectivity index is 1.49. The van der Waals surface area contributed by atoms with Crippen molar-refractivity contribution in [1.82, 2.24) is 0 Å². The highest BCUT2D eigenvalue weighted by atomic mass is 16.8. The highest BCUT2D eigenvalue weighted by Gasteiger charge is 2.57. The second-order valence-corrected chi connectivity index (χ2v) is 9.17. The number of rotatable bonds is 11. The third-order valence-corrected chi connectivity index (χ3v) is 6.14. The van der Waals surface area contributed by atoms with Crippen LogP contribution in [0.25, 0.3) is 0 Å². The molecule has 2 fully saturated rings. The zero-order chi connectivity index (χ0) is 23.3. The van der Waals surface area contributed by atoms with Gasteiger partial charge in [-0.2, -0.15) is 0 Å². The molecular formula is C27H36O6. The van der Waals surface area contributed by atoms with Crippen molar-refractivity contribution in [3.63, 3.8) is 0 Å². The molecule has 0 N–H and O–H groups in total. The molecule has 0 aromatic heterocycles. The molecule has 6 nitrogen and oxygen atoms in total. The van der Waals surface area contributed by atoms with Crippen LogP contribution in [0.3, 0.4) is 0 Å². The van der Waals surface area contributed by atoms with Gasteiger partial charge in [-0.25, -0.2) is 0 Å². The first-order valence-electron chi connectivity index (χ1n) is 11.9. The highest BCUT2D eigenvalue weighted by Crippen LogP contribution is 2.41. The number of ether oxygens (including phenoxy) is 6. The van der Waals surface area contributed by atoms with E-state index in [1.807, 2.05) is 56.3 Å². The molecule has 0 amide bonds. The summed E-state index contributed by atoms with van der Waals surface area (Å²) in [5.74, 6) is 0.121. The Hall–Kier alpha value is -1.96. The van der Waals surface area contributed by atoms with E-state index in [9.17, 15) is 0 Å². The van der Waals surface area contributed by atoms with E-state index in [1.165, 1.54) is 0 Å². The van der Waals surface area contributed by atoms with Crippen molar-refractivity contribution in [2.24, 2.45) is 0 Å². The number of hydrogen-bond donors (Lipinski definition) is 0. The topological polar surface area (TPSA) is 55.4 Å². The van der Waals surface area contributed by atoms with Crippen molar-refractivity contribution in [1.29, 1.82) is 0 Å². The van der Waals surface area contributed by atoms with Crippen molar-refractivity contribution in [2.75, 3.05) is 7.11 Å².